The van der Waals surface area contributed by atoms with Gasteiger partial charge < -0.3 is 10.6 Å². The minimum absolute atomic E-state index is 0.00982. The number of amides is 2. The molecular weight excluding hydrogens is 388 g/mol. The second-order valence-electron chi connectivity index (χ2n) is 8.30. The average molecular weight is 417 g/mol. The molecule has 0 radical (unpaired) electrons. The first-order chi connectivity index (χ1) is 15.1. The van der Waals surface area contributed by atoms with E-state index in [1.807, 2.05) is 47.3 Å². The summed E-state index contributed by atoms with van der Waals surface area (Å²) in [6.45, 7) is 1.15. The molecule has 0 spiro atoms. The van der Waals surface area contributed by atoms with Crippen molar-refractivity contribution in [3.8, 4) is 0 Å². The number of nitrogens with one attached hydrogen (secondary N) is 2. The standard InChI is InChI=1S/C25H28N4O2/c30-23(26-16-22-17-27-29(19-22)18-21-9-5-2-6-10-21)11-13-25(14-12-24(31)28-25)15-20-7-3-1-4-8-20/h1-10,17,19H,11-16,18H2,(H,26,30)(H,28,31)/t25-/m1/s1. The first-order valence-electron chi connectivity index (χ1n) is 10.8. The maximum atomic E-state index is 12.5. The van der Waals surface area contributed by atoms with Crippen molar-refractivity contribution in [3.63, 3.8) is 0 Å². The van der Waals surface area contributed by atoms with Crippen LogP contribution in [0.1, 0.15) is 42.4 Å². The zero-order valence-electron chi connectivity index (χ0n) is 17.6. The van der Waals surface area contributed by atoms with E-state index in [0.29, 0.717) is 32.4 Å². The van der Waals surface area contributed by atoms with E-state index in [9.17, 15) is 9.59 Å². The maximum Gasteiger partial charge on any atom is 0.220 e. The van der Waals surface area contributed by atoms with Crippen LogP contribution in [0, 0.1) is 0 Å². The number of nitrogens with zero attached hydrogens (tertiary/aromatic N) is 2. The van der Waals surface area contributed by atoms with E-state index >= 15 is 0 Å². The molecule has 31 heavy (non-hydrogen) atoms. The van der Waals surface area contributed by atoms with E-state index in [4.69, 9.17) is 0 Å². The minimum atomic E-state index is -0.337. The fraction of sp³-hybridized carbons (Fsp3) is 0.320. The SMILES string of the molecule is O=C(CC[C@]1(Cc2ccccc2)CCC(=O)N1)NCc1cnn(Cc2ccccc2)c1. The van der Waals surface area contributed by atoms with Gasteiger partial charge in [-0.15, -0.1) is 0 Å². The van der Waals surface area contributed by atoms with Crippen LogP contribution in [0.25, 0.3) is 0 Å². The Balaban J connectivity index is 1.28. The fourth-order valence-corrected chi connectivity index (χ4v) is 4.17. The quantitative estimate of drug-likeness (QED) is 0.562. The molecule has 1 atom stereocenters. The molecule has 2 amide bonds. The highest BCUT2D eigenvalue weighted by Crippen LogP contribution is 2.29. The van der Waals surface area contributed by atoms with E-state index in [0.717, 1.165) is 18.4 Å². The third-order valence-electron chi connectivity index (χ3n) is 5.81. The molecule has 1 saturated heterocycles. The van der Waals surface area contributed by atoms with E-state index < -0.39 is 0 Å². The van der Waals surface area contributed by atoms with Gasteiger partial charge in [-0.1, -0.05) is 60.7 Å². The van der Waals surface area contributed by atoms with Crippen molar-refractivity contribution in [1.29, 1.82) is 0 Å². The molecule has 1 aliphatic heterocycles. The Hall–Kier alpha value is -3.41. The number of aromatic nitrogens is 2. The third-order valence-corrected chi connectivity index (χ3v) is 5.81. The first-order valence-corrected chi connectivity index (χ1v) is 10.8. The number of rotatable bonds is 9. The highest BCUT2D eigenvalue weighted by Gasteiger charge is 2.37. The summed E-state index contributed by atoms with van der Waals surface area (Å²) in [6.07, 6.45) is 6.80. The molecular formula is C25H28N4O2. The highest BCUT2D eigenvalue weighted by atomic mass is 16.2. The number of hydrogen-bond acceptors (Lipinski definition) is 3. The summed E-state index contributed by atoms with van der Waals surface area (Å²) in [4.78, 5) is 24.4. The van der Waals surface area contributed by atoms with Gasteiger partial charge in [0, 0.05) is 36.7 Å². The normalized spacial score (nSPS) is 18.0. The van der Waals surface area contributed by atoms with Gasteiger partial charge in [0.1, 0.15) is 0 Å². The predicted molar refractivity (Wildman–Crippen MR) is 119 cm³/mol. The second-order valence-corrected chi connectivity index (χ2v) is 8.30. The van der Waals surface area contributed by atoms with Crippen molar-refractivity contribution >= 4 is 11.8 Å². The number of carbonyl (C=O) groups excluding carboxylic acids is 2. The van der Waals surface area contributed by atoms with Crippen LogP contribution in [0.5, 0.6) is 0 Å². The summed E-state index contributed by atoms with van der Waals surface area (Å²) in [5, 5.41) is 10.5. The third kappa shape index (κ3) is 5.81. The average Bonchev–Trinajstić information content (AvgIpc) is 3.39. The fourth-order valence-electron chi connectivity index (χ4n) is 4.17. The van der Waals surface area contributed by atoms with E-state index in [1.165, 1.54) is 11.1 Å². The van der Waals surface area contributed by atoms with Crippen LogP contribution in [-0.4, -0.2) is 27.1 Å². The molecule has 2 heterocycles. The Kier molecular flexibility index (Phi) is 6.46. The van der Waals surface area contributed by atoms with Crippen LogP contribution in [-0.2, 0) is 29.1 Å². The Bertz CT molecular complexity index is 1020. The zero-order chi connectivity index (χ0) is 21.5. The van der Waals surface area contributed by atoms with Crippen molar-refractivity contribution in [3.05, 3.63) is 89.7 Å². The van der Waals surface area contributed by atoms with Gasteiger partial charge in [0.25, 0.3) is 0 Å². The molecule has 0 saturated carbocycles. The molecule has 2 aromatic carbocycles. The van der Waals surface area contributed by atoms with Gasteiger partial charge >= 0.3 is 0 Å². The van der Waals surface area contributed by atoms with Crippen LogP contribution >= 0.6 is 0 Å². The molecule has 1 fully saturated rings. The van der Waals surface area contributed by atoms with E-state index in [-0.39, 0.29) is 17.4 Å². The molecule has 0 bridgehead atoms. The summed E-state index contributed by atoms with van der Waals surface area (Å²) in [6, 6.07) is 20.3. The monoisotopic (exact) mass is 416 g/mol. The lowest BCUT2D eigenvalue weighted by Gasteiger charge is -2.29. The van der Waals surface area contributed by atoms with Gasteiger partial charge in [-0.25, -0.2) is 0 Å². The molecule has 0 aliphatic carbocycles. The minimum Gasteiger partial charge on any atom is -0.352 e. The Morgan fingerprint density at radius 3 is 2.42 bits per heavy atom. The van der Waals surface area contributed by atoms with Gasteiger partial charge in [-0.05, 0) is 30.4 Å². The second kappa shape index (κ2) is 9.60. The smallest absolute Gasteiger partial charge is 0.220 e. The molecule has 6 heteroatoms. The number of hydrogen-bond donors (Lipinski definition) is 2. The molecule has 1 aromatic heterocycles. The molecule has 160 valence electrons. The summed E-state index contributed by atoms with van der Waals surface area (Å²) in [5.41, 5.74) is 2.99. The van der Waals surface area contributed by atoms with Crippen molar-refractivity contribution < 1.29 is 9.59 Å². The van der Waals surface area contributed by atoms with Gasteiger partial charge in [-0.2, -0.15) is 5.10 Å². The topological polar surface area (TPSA) is 76.0 Å². The predicted octanol–water partition coefficient (Wildman–Crippen LogP) is 3.22. The largest absolute Gasteiger partial charge is 0.352 e. The lowest BCUT2D eigenvalue weighted by Crippen LogP contribution is -2.44. The van der Waals surface area contributed by atoms with Crippen LogP contribution in [0.4, 0.5) is 0 Å². The molecule has 2 N–H and O–H groups in total. The zero-order valence-corrected chi connectivity index (χ0v) is 17.6. The van der Waals surface area contributed by atoms with Crippen LogP contribution in [0.15, 0.2) is 73.1 Å². The lowest BCUT2D eigenvalue weighted by molar-refractivity contribution is -0.122. The Morgan fingerprint density at radius 2 is 1.74 bits per heavy atom. The van der Waals surface area contributed by atoms with Gasteiger partial charge in [0.2, 0.25) is 11.8 Å². The van der Waals surface area contributed by atoms with Crippen LogP contribution in [0.2, 0.25) is 0 Å². The van der Waals surface area contributed by atoms with Crippen molar-refractivity contribution in [1.82, 2.24) is 20.4 Å². The summed E-state index contributed by atoms with van der Waals surface area (Å²) < 4.78 is 1.87. The van der Waals surface area contributed by atoms with Gasteiger partial charge in [0.15, 0.2) is 0 Å². The number of carbonyl (C=O) groups is 2. The molecule has 3 aromatic rings. The highest BCUT2D eigenvalue weighted by molar-refractivity contribution is 5.80. The van der Waals surface area contributed by atoms with Crippen molar-refractivity contribution in [2.75, 3.05) is 0 Å². The lowest BCUT2D eigenvalue weighted by atomic mass is 9.85. The van der Waals surface area contributed by atoms with E-state index in [1.54, 1.807) is 6.20 Å². The summed E-state index contributed by atoms with van der Waals surface area (Å²) in [7, 11) is 0. The molecule has 0 unspecified atom stereocenters. The van der Waals surface area contributed by atoms with Crippen LogP contribution < -0.4 is 10.6 Å². The molecule has 4 rings (SSSR count). The summed E-state index contributed by atoms with van der Waals surface area (Å²) >= 11 is 0. The molecule has 6 nitrogen and oxygen atoms in total. The Morgan fingerprint density at radius 1 is 1.03 bits per heavy atom. The van der Waals surface area contributed by atoms with E-state index in [2.05, 4.69) is 40.0 Å². The first kappa shape index (κ1) is 20.8. The van der Waals surface area contributed by atoms with Crippen LogP contribution in [0.3, 0.4) is 0 Å². The molecule has 1 aliphatic rings. The van der Waals surface area contributed by atoms with Gasteiger partial charge in [-0.3, -0.25) is 14.3 Å². The summed E-state index contributed by atoms with van der Waals surface area (Å²) in [5.74, 6) is 0.0616. The maximum absolute atomic E-state index is 12.5. The van der Waals surface area contributed by atoms with Crippen molar-refractivity contribution in [2.45, 2.75) is 50.7 Å². The number of benzene rings is 2. The van der Waals surface area contributed by atoms with Gasteiger partial charge in [0.05, 0.1) is 12.7 Å². The Labute approximate surface area is 182 Å². The van der Waals surface area contributed by atoms with Crippen molar-refractivity contribution in [2.24, 2.45) is 0 Å².